The maximum Gasteiger partial charge on any atom is 0.0785 e. The summed E-state index contributed by atoms with van der Waals surface area (Å²) in [5, 5.41) is 17.9. The highest BCUT2D eigenvalue weighted by Crippen LogP contribution is 2.27. The van der Waals surface area contributed by atoms with Gasteiger partial charge in [0.15, 0.2) is 0 Å². The molecule has 1 aliphatic carbocycles. The van der Waals surface area contributed by atoms with E-state index >= 15 is 0 Å². The first kappa shape index (κ1) is 12.9. The van der Waals surface area contributed by atoms with Crippen LogP contribution in [-0.4, -0.2) is 33.1 Å². The third-order valence-corrected chi connectivity index (χ3v) is 3.44. The smallest absolute Gasteiger partial charge is 0.0785 e. The third kappa shape index (κ3) is 3.44. The van der Waals surface area contributed by atoms with E-state index in [0.717, 1.165) is 6.42 Å². The van der Waals surface area contributed by atoms with Crippen LogP contribution in [0.5, 0.6) is 0 Å². The maximum atomic E-state index is 9.54. The lowest BCUT2D eigenvalue weighted by molar-refractivity contribution is 0.147. The molecule has 96 valence electrons. The summed E-state index contributed by atoms with van der Waals surface area (Å²) in [6.07, 6.45) is 6.73. The Kier molecular flexibility index (Phi) is 3.76. The van der Waals surface area contributed by atoms with Crippen molar-refractivity contribution in [3.63, 3.8) is 0 Å². The summed E-state index contributed by atoms with van der Waals surface area (Å²) in [6.45, 7) is 4.29. The molecular weight excluding hydrogens is 238 g/mol. The van der Waals surface area contributed by atoms with Crippen molar-refractivity contribution < 1.29 is 5.11 Å². The molecule has 1 heterocycles. The Morgan fingerprint density at radius 1 is 1.71 bits per heavy atom. The predicted molar refractivity (Wildman–Crippen MR) is 68.2 cm³/mol. The van der Waals surface area contributed by atoms with Crippen molar-refractivity contribution >= 4 is 11.6 Å². The van der Waals surface area contributed by atoms with E-state index in [1.54, 1.807) is 6.20 Å². The van der Waals surface area contributed by atoms with Crippen LogP contribution in [0.25, 0.3) is 0 Å². The van der Waals surface area contributed by atoms with Gasteiger partial charge >= 0.3 is 0 Å². The minimum atomic E-state index is -0.237. The lowest BCUT2D eigenvalue weighted by Gasteiger charge is -2.31. The average molecular weight is 258 g/mol. The van der Waals surface area contributed by atoms with E-state index in [1.165, 1.54) is 12.8 Å². The fourth-order valence-corrected chi connectivity index (χ4v) is 2.33. The third-order valence-electron chi connectivity index (χ3n) is 3.25. The molecule has 0 amide bonds. The fourth-order valence-electron chi connectivity index (χ4n) is 2.19. The van der Waals surface area contributed by atoms with Gasteiger partial charge in [0.2, 0.25) is 0 Å². The molecular formula is C12H20ClN3O. The van der Waals surface area contributed by atoms with Gasteiger partial charge in [-0.1, -0.05) is 11.6 Å². The molecule has 5 heteroatoms. The monoisotopic (exact) mass is 257 g/mol. The Labute approximate surface area is 107 Å². The molecule has 0 spiro atoms. The summed E-state index contributed by atoms with van der Waals surface area (Å²) in [5.74, 6) is 0. The molecule has 1 aromatic rings. The lowest BCUT2D eigenvalue weighted by atomic mass is 9.94. The molecule has 2 N–H and O–H groups in total. The highest BCUT2D eigenvalue weighted by Gasteiger charge is 2.33. The zero-order chi connectivity index (χ0) is 12.5. The molecule has 1 saturated carbocycles. The van der Waals surface area contributed by atoms with Gasteiger partial charge in [-0.2, -0.15) is 5.10 Å². The number of aliphatic hydroxyl groups excluding tert-OH is 1. The van der Waals surface area contributed by atoms with Gasteiger partial charge in [0, 0.05) is 17.8 Å². The van der Waals surface area contributed by atoms with Crippen LogP contribution < -0.4 is 5.32 Å². The first-order chi connectivity index (χ1) is 8.02. The zero-order valence-corrected chi connectivity index (χ0v) is 11.1. The van der Waals surface area contributed by atoms with Crippen LogP contribution in [0, 0.1) is 0 Å². The van der Waals surface area contributed by atoms with Crippen LogP contribution in [0.2, 0.25) is 5.02 Å². The van der Waals surface area contributed by atoms with Crippen LogP contribution in [0.3, 0.4) is 0 Å². The molecule has 0 bridgehead atoms. The first-order valence-electron chi connectivity index (χ1n) is 6.11. The standard InChI is InChI=1S/C12H20ClN3O/c1-9(16-7-10(13)6-14-16)5-12(2,8-17)15-11-3-4-11/h6-7,9,11,15,17H,3-5,8H2,1-2H3. The SMILES string of the molecule is CC(CC(C)(CO)NC1CC1)n1cc(Cl)cn1. The number of rotatable bonds is 6. The van der Waals surface area contributed by atoms with Crippen LogP contribution in [0.1, 0.15) is 39.2 Å². The molecule has 1 aromatic heterocycles. The summed E-state index contributed by atoms with van der Waals surface area (Å²) >= 11 is 5.86. The molecule has 2 rings (SSSR count). The van der Waals surface area contributed by atoms with Crippen molar-refractivity contribution in [3.8, 4) is 0 Å². The second-order valence-electron chi connectivity index (χ2n) is 5.33. The number of hydrogen-bond acceptors (Lipinski definition) is 3. The van der Waals surface area contributed by atoms with E-state index in [0.29, 0.717) is 11.1 Å². The van der Waals surface area contributed by atoms with Crippen LogP contribution >= 0.6 is 11.6 Å². The molecule has 2 unspecified atom stereocenters. The number of aromatic nitrogens is 2. The van der Waals surface area contributed by atoms with Crippen molar-refractivity contribution in [3.05, 3.63) is 17.4 Å². The van der Waals surface area contributed by atoms with Crippen LogP contribution in [-0.2, 0) is 0 Å². The maximum absolute atomic E-state index is 9.54. The summed E-state index contributed by atoms with van der Waals surface area (Å²) in [6, 6.07) is 0.798. The largest absolute Gasteiger partial charge is 0.394 e. The zero-order valence-electron chi connectivity index (χ0n) is 10.4. The molecule has 0 radical (unpaired) electrons. The van der Waals surface area contributed by atoms with Crippen molar-refractivity contribution in [2.75, 3.05) is 6.61 Å². The van der Waals surface area contributed by atoms with Crippen LogP contribution in [0.15, 0.2) is 12.4 Å². The molecule has 4 nitrogen and oxygen atoms in total. The van der Waals surface area contributed by atoms with Gasteiger partial charge in [0.25, 0.3) is 0 Å². The molecule has 17 heavy (non-hydrogen) atoms. The minimum Gasteiger partial charge on any atom is -0.394 e. The lowest BCUT2D eigenvalue weighted by Crippen LogP contribution is -2.48. The Morgan fingerprint density at radius 3 is 2.88 bits per heavy atom. The average Bonchev–Trinajstić information content (AvgIpc) is 2.97. The van der Waals surface area contributed by atoms with Gasteiger partial charge in [0.05, 0.1) is 23.9 Å². The van der Waals surface area contributed by atoms with E-state index in [-0.39, 0.29) is 18.2 Å². The van der Waals surface area contributed by atoms with Crippen molar-refractivity contribution in [1.82, 2.24) is 15.1 Å². The highest BCUT2D eigenvalue weighted by molar-refractivity contribution is 6.30. The number of halogens is 1. The van der Waals surface area contributed by atoms with E-state index in [2.05, 4.69) is 24.3 Å². The Bertz CT molecular complexity index is 378. The van der Waals surface area contributed by atoms with Gasteiger partial charge in [-0.05, 0) is 33.1 Å². The topological polar surface area (TPSA) is 50.1 Å². The molecule has 0 saturated heterocycles. The fraction of sp³-hybridized carbons (Fsp3) is 0.750. The molecule has 0 aromatic carbocycles. The van der Waals surface area contributed by atoms with E-state index in [4.69, 9.17) is 11.6 Å². The van der Waals surface area contributed by atoms with Gasteiger partial charge in [-0.15, -0.1) is 0 Å². The quantitative estimate of drug-likeness (QED) is 0.820. The van der Waals surface area contributed by atoms with E-state index in [9.17, 15) is 5.11 Å². The van der Waals surface area contributed by atoms with Crippen LogP contribution in [0.4, 0.5) is 0 Å². The van der Waals surface area contributed by atoms with Gasteiger partial charge in [-0.25, -0.2) is 0 Å². The van der Waals surface area contributed by atoms with Crippen molar-refractivity contribution in [2.45, 2.75) is 50.7 Å². The summed E-state index contributed by atoms with van der Waals surface area (Å²) < 4.78 is 1.85. The number of nitrogens with zero attached hydrogens (tertiary/aromatic N) is 2. The first-order valence-corrected chi connectivity index (χ1v) is 6.48. The van der Waals surface area contributed by atoms with Gasteiger partial charge in [-0.3, -0.25) is 4.68 Å². The van der Waals surface area contributed by atoms with Crippen molar-refractivity contribution in [1.29, 1.82) is 0 Å². The molecule has 2 atom stereocenters. The molecule has 1 aliphatic rings. The van der Waals surface area contributed by atoms with Crippen molar-refractivity contribution in [2.24, 2.45) is 0 Å². The minimum absolute atomic E-state index is 0.142. The molecule has 1 fully saturated rings. The molecule has 0 aliphatic heterocycles. The Morgan fingerprint density at radius 2 is 2.41 bits per heavy atom. The summed E-state index contributed by atoms with van der Waals surface area (Å²) in [7, 11) is 0. The van der Waals surface area contributed by atoms with Gasteiger partial charge < -0.3 is 10.4 Å². The summed E-state index contributed by atoms with van der Waals surface area (Å²) in [4.78, 5) is 0. The Hall–Kier alpha value is -0.580. The van der Waals surface area contributed by atoms with Gasteiger partial charge in [0.1, 0.15) is 0 Å². The second kappa shape index (κ2) is 4.96. The van der Waals surface area contributed by atoms with E-state index in [1.807, 2.05) is 10.9 Å². The van der Waals surface area contributed by atoms with E-state index < -0.39 is 0 Å². The number of nitrogens with one attached hydrogen (secondary N) is 1. The Balaban J connectivity index is 1.97. The predicted octanol–water partition coefficient (Wildman–Crippen LogP) is 1.99. The number of aliphatic hydroxyl groups is 1. The number of hydrogen-bond donors (Lipinski definition) is 2. The highest BCUT2D eigenvalue weighted by atomic mass is 35.5. The second-order valence-corrected chi connectivity index (χ2v) is 5.77. The normalized spacial score (nSPS) is 21.2. The summed E-state index contributed by atoms with van der Waals surface area (Å²) in [5.41, 5.74) is -0.237.